The SMILES string of the molecule is O=C1CC[C@@]2(CCCN(C(=O)Cn3ccc4ccccc43)C2)CN1CCO. The summed E-state index contributed by atoms with van der Waals surface area (Å²) in [6, 6.07) is 10.1. The largest absolute Gasteiger partial charge is 0.395 e. The number of carbonyl (C=O) groups is 2. The maximum Gasteiger partial charge on any atom is 0.242 e. The molecule has 1 aromatic heterocycles. The fourth-order valence-corrected chi connectivity index (χ4v) is 4.70. The molecule has 0 bridgehead atoms. The van der Waals surface area contributed by atoms with E-state index in [1.54, 1.807) is 4.90 Å². The van der Waals surface area contributed by atoms with Gasteiger partial charge in [0.15, 0.2) is 0 Å². The van der Waals surface area contributed by atoms with Crippen LogP contribution in [0.3, 0.4) is 0 Å². The summed E-state index contributed by atoms with van der Waals surface area (Å²) in [6.45, 7) is 2.88. The van der Waals surface area contributed by atoms with Gasteiger partial charge in [-0.2, -0.15) is 0 Å². The first-order valence-corrected chi connectivity index (χ1v) is 9.81. The zero-order chi connectivity index (χ0) is 18.9. The Balaban J connectivity index is 1.46. The summed E-state index contributed by atoms with van der Waals surface area (Å²) in [7, 11) is 0. The molecule has 0 saturated carbocycles. The summed E-state index contributed by atoms with van der Waals surface area (Å²) in [4.78, 5) is 28.8. The average molecular weight is 369 g/mol. The number of aliphatic hydroxyl groups is 1. The van der Waals surface area contributed by atoms with Crippen LogP contribution in [0.25, 0.3) is 10.9 Å². The maximum atomic E-state index is 13.0. The molecular weight excluding hydrogens is 342 g/mol. The lowest BCUT2D eigenvalue weighted by molar-refractivity contribution is -0.143. The Bertz CT molecular complexity index is 846. The lowest BCUT2D eigenvalue weighted by atomic mass is 9.73. The van der Waals surface area contributed by atoms with E-state index in [-0.39, 0.29) is 23.8 Å². The van der Waals surface area contributed by atoms with Crippen molar-refractivity contribution < 1.29 is 14.7 Å². The molecule has 6 heteroatoms. The predicted molar refractivity (Wildman–Crippen MR) is 103 cm³/mol. The zero-order valence-electron chi connectivity index (χ0n) is 15.6. The molecule has 0 aliphatic carbocycles. The molecule has 4 rings (SSSR count). The molecule has 2 amide bonds. The first kappa shape index (κ1) is 18.0. The molecule has 2 fully saturated rings. The van der Waals surface area contributed by atoms with Crippen LogP contribution in [-0.2, 0) is 16.1 Å². The van der Waals surface area contributed by atoms with E-state index >= 15 is 0 Å². The molecule has 3 heterocycles. The minimum absolute atomic E-state index is 0.00876. The molecule has 2 aromatic rings. The Morgan fingerprint density at radius 3 is 2.85 bits per heavy atom. The third-order valence-corrected chi connectivity index (χ3v) is 6.12. The van der Waals surface area contributed by atoms with E-state index in [0.717, 1.165) is 36.7 Å². The van der Waals surface area contributed by atoms with Gasteiger partial charge in [-0.1, -0.05) is 18.2 Å². The molecule has 1 atom stereocenters. The van der Waals surface area contributed by atoms with Crippen molar-refractivity contribution >= 4 is 22.7 Å². The van der Waals surface area contributed by atoms with Gasteiger partial charge in [0.1, 0.15) is 6.54 Å². The number of aliphatic hydroxyl groups excluding tert-OH is 1. The predicted octanol–water partition coefficient (Wildman–Crippen LogP) is 1.86. The van der Waals surface area contributed by atoms with Crippen molar-refractivity contribution in [3.05, 3.63) is 36.5 Å². The maximum absolute atomic E-state index is 13.0. The van der Waals surface area contributed by atoms with Crippen LogP contribution in [0, 0.1) is 5.41 Å². The van der Waals surface area contributed by atoms with Crippen LogP contribution in [-0.4, -0.2) is 64.1 Å². The van der Waals surface area contributed by atoms with Gasteiger partial charge >= 0.3 is 0 Å². The molecule has 1 aromatic carbocycles. The topological polar surface area (TPSA) is 65.8 Å². The standard InChI is InChI=1S/C21H27N3O3/c25-13-12-24-16-21(9-6-19(24)26)8-3-10-23(15-21)20(27)14-22-11-7-17-4-1-2-5-18(17)22/h1-2,4-5,7,11,25H,3,6,8-10,12-16H2/t21-/m1/s1. The highest BCUT2D eigenvalue weighted by molar-refractivity contribution is 5.83. The number of carbonyl (C=O) groups excluding carboxylic acids is 2. The number of fused-ring (bicyclic) bond motifs is 1. The number of hydrogen-bond acceptors (Lipinski definition) is 3. The molecule has 0 unspecified atom stereocenters. The normalized spacial score (nSPS) is 23.4. The van der Waals surface area contributed by atoms with E-state index in [0.29, 0.717) is 32.6 Å². The van der Waals surface area contributed by atoms with Crippen LogP contribution in [0.4, 0.5) is 0 Å². The van der Waals surface area contributed by atoms with E-state index in [9.17, 15) is 14.7 Å². The zero-order valence-corrected chi connectivity index (χ0v) is 15.6. The Morgan fingerprint density at radius 2 is 2.00 bits per heavy atom. The van der Waals surface area contributed by atoms with Crippen LogP contribution in [0.2, 0.25) is 0 Å². The summed E-state index contributed by atoms with van der Waals surface area (Å²) < 4.78 is 2.02. The first-order chi connectivity index (χ1) is 13.1. The number of amides is 2. The molecule has 2 aliphatic rings. The van der Waals surface area contributed by atoms with Crippen molar-refractivity contribution in [2.75, 3.05) is 32.8 Å². The number of nitrogens with zero attached hydrogens (tertiary/aromatic N) is 3. The van der Waals surface area contributed by atoms with E-state index < -0.39 is 0 Å². The lowest BCUT2D eigenvalue weighted by Gasteiger charge is -2.48. The summed E-state index contributed by atoms with van der Waals surface area (Å²) >= 11 is 0. The van der Waals surface area contributed by atoms with Crippen LogP contribution in [0.1, 0.15) is 25.7 Å². The smallest absolute Gasteiger partial charge is 0.242 e. The lowest BCUT2D eigenvalue weighted by Crippen LogP contribution is -2.55. The van der Waals surface area contributed by atoms with E-state index in [4.69, 9.17) is 0 Å². The second-order valence-corrected chi connectivity index (χ2v) is 7.96. The third-order valence-electron chi connectivity index (χ3n) is 6.12. The van der Waals surface area contributed by atoms with Gasteiger partial charge in [0.2, 0.25) is 11.8 Å². The molecular formula is C21H27N3O3. The summed E-state index contributed by atoms with van der Waals surface area (Å²) in [5, 5.41) is 10.4. The molecule has 1 spiro atoms. The Morgan fingerprint density at radius 1 is 1.15 bits per heavy atom. The van der Waals surface area contributed by atoms with Crippen LogP contribution in [0.5, 0.6) is 0 Å². The highest BCUT2D eigenvalue weighted by Crippen LogP contribution is 2.38. The van der Waals surface area contributed by atoms with Crippen molar-refractivity contribution in [1.29, 1.82) is 0 Å². The molecule has 1 N–H and O–H groups in total. The minimum atomic E-state index is -0.0181. The summed E-state index contributed by atoms with van der Waals surface area (Å²) in [5.74, 6) is 0.262. The number of β-amino-alcohol motifs (C(OH)–C–C–N with tert-alkyl or cyclic N) is 1. The van der Waals surface area contributed by atoms with Crippen molar-refractivity contribution in [3.63, 3.8) is 0 Å². The van der Waals surface area contributed by atoms with Gasteiger partial charge in [-0.25, -0.2) is 0 Å². The van der Waals surface area contributed by atoms with Gasteiger partial charge < -0.3 is 19.5 Å². The van der Waals surface area contributed by atoms with Crippen LogP contribution in [0.15, 0.2) is 36.5 Å². The quantitative estimate of drug-likeness (QED) is 0.895. The van der Waals surface area contributed by atoms with Crippen molar-refractivity contribution in [2.45, 2.75) is 32.2 Å². The van der Waals surface area contributed by atoms with Crippen molar-refractivity contribution in [1.82, 2.24) is 14.4 Å². The highest BCUT2D eigenvalue weighted by atomic mass is 16.3. The number of benzene rings is 1. The minimum Gasteiger partial charge on any atom is -0.395 e. The second-order valence-electron chi connectivity index (χ2n) is 7.96. The van der Waals surface area contributed by atoms with Gasteiger partial charge in [0, 0.05) is 49.7 Å². The van der Waals surface area contributed by atoms with E-state index in [2.05, 4.69) is 6.07 Å². The van der Waals surface area contributed by atoms with Gasteiger partial charge in [-0.15, -0.1) is 0 Å². The van der Waals surface area contributed by atoms with Gasteiger partial charge in [-0.3, -0.25) is 9.59 Å². The molecule has 6 nitrogen and oxygen atoms in total. The molecule has 0 radical (unpaired) electrons. The number of para-hydroxylation sites is 1. The Kier molecular flexibility index (Phi) is 4.91. The first-order valence-electron chi connectivity index (χ1n) is 9.81. The Labute approximate surface area is 159 Å². The van der Waals surface area contributed by atoms with Crippen molar-refractivity contribution in [2.24, 2.45) is 5.41 Å². The number of aromatic nitrogens is 1. The third kappa shape index (κ3) is 3.58. The van der Waals surface area contributed by atoms with Gasteiger partial charge in [-0.05, 0) is 36.8 Å². The van der Waals surface area contributed by atoms with E-state index in [1.807, 2.05) is 39.9 Å². The summed E-state index contributed by atoms with van der Waals surface area (Å²) in [5.41, 5.74) is 1.06. The molecule has 27 heavy (non-hydrogen) atoms. The van der Waals surface area contributed by atoms with Gasteiger partial charge in [0.25, 0.3) is 0 Å². The number of likely N-dealkylation sites (tertiary alicyclic amines) is 2. The fourth-order valence-electron chi connectivity index (χ4n) is 4.70. The second kappa shape index (κ2) is 7.35. The average Bonchev–Trinajstić information content (AvgIpc) is 3.08. The molecule has 2 saturated heterocycles. The molecule has 2 aliphatic heterocycles. The summed E-state index contributed by atoms with van der Waals surface area (Å²) in [6.07, 6.45) is 5.34. The monoisotopic (exact) mass is 369 g/mol. The van der Waals surface area contributed by atoms with Crippen molar-refractivity contribution in [3.8, 4) is 0 Å². The van der Waals surface area contributed by atoms with E-state index in [1.165, 1.54) is 0 Å². The number of piperidine rings is 2. The number of rotatable bonds is 4. The van der Waals surface area contributed by atoms with Crippen LogP contribution < -0.4 is 0 Å². The number of hydrogen-bond donors (Lipinski definition) is 1. The fraction of sp³-hybridized carbons (Fsp3) is 0.524. The molecule has 144 valence electrons. The highest BCUT2D eigenvalue weighted by Gasteiger charge is 2.42. The van der Waals surface area contributed by atoms with Gasteiger partial charge in [0.05, 0.1) is 6.61 Å². The Hall–Kier alpha value is -2.34. The van der Waals surface area contributed by atoms with Crippen LogP contribution >= 0.6 is 0 Å².